The number of Topliss-reactive ketones (excluding diaryl/α,β-unsaturated/α-hetero) is 1. The topological polar surface area (TPSA) is 107 Å². The summed E-state index contributed by atoms with van der Waals surface area (Å²) in [6.07, 6.45) is 8.43. The van der Waals surface area contributed by atoms with Crippen molar-refractivity contribution in [1.82, 2.24) is 0 Å². The molecular weight excluding hydrogens is 520 g/mol. The molecule has 0 radical (unpaired) electrons. The zero-order valence-electron chi connectivity index (χ0n) is 23.9. The molecule has 4 aliphatic carbocycles. The molecule has 0 unspecified atom stereocenters. The quantitative estimate of drug-likeness (QED) is 0.302. The minimum absolute atomic E-state index is 0.0768. The molecule has 0 heterocycles. The molecule has 0 aromatic carbocycles. The van der Waals surface area contributed by atoms with Crippen molar-refractivity contribution in [2.24, 2.45) is 28.6 Å². The molecule has 0 amide bonds. The highest BCUT2D eigenvalue weighted by molar-refractivity contribution is 6.26. The van der Waals surface area contributed by atoms with Crippen LogP contribution in [0.5, 0.6) is 0 Å². The Hall–Kier alpha value is -1.99. The number of halogens is 1. The number of unbranched alkanes of at least 4 members (excludes halogenated alkanes) is 1. The third-order valence-corrected chi connectivity index (χ3v) is 11.3. The SMILES string of the molecule is CCCCC(=O)O[C@@]1(C(=O)COC(=O)CCC)[C@H](C)C[C@H]2[C@@H]3CCC4=CC(=O)C=C[C@]4(C)[C@@]3(Cl)[C@@H](O)C[C@@]21C. The van der Waals surface area contributed by atoms with Gasteiger partial charge in [-0.3, -0.25) is 19.2 Å². The van der Waals surface area contributed by atoms with E-state index in [1.165, 1.54) is 6.08 Å². The van der Waals surface area contributed by atoms with Crippen LogP contribution in [0.25, 0.3) is 0 Å². The van der Waals surface area contributed by atoms with E-state index in [4.69, 9.17) is 21.1 Å². The molecule has 0 spiro atoms. The highest BCUT2D eigenvalue weighted by atomic mass is 35.5. The van der Waals surface area contributed by atoms with Gasteiger partial charge in [0, 0.05) is 29.6 Å². The van der Waals surface area contributed by atoms with Gasteiger partial charge in [-0.05, 0) is 62.5 Å². The van der Waals surface area contributed by atoms with Gasteiger partial charge >= 0.3 is 11.9 Å². The van der Waals surface area contributed by atoms with Crippen LogP contribution in [0.3, 0.4) is 0 Å². The Kier molecular flexibility index (Phi) is 8.28. The molecule has 8 atom stereocenters. The summed E-state index contributed by atoms with van der Waals surface area (Å²) in [7, 11) is 0. The average Bonchev–Trinajstić information content (AvgIpc) is 3.09. The maximum atomic E-state index is 14.1. The zero-order chi connectivity index (χ0) is 28.8. The fourth-order valence-corrected chi connectivity index (χ4v) is 9.00. The highest BCUT2D eigenvalue weighted by Crippen LogP contribution is 2.72. The summed E-state index contributed by atoms with van der Waals surface area (Å²) in [6.45, 7) is 9.20. The number of aliphatic hydroxyl groups is 1. The summed E-state index contributed by atoms with van der Waals surface area (Å²) >= 11 is 7.54. The maximum Gasteiger partial charge on any atom is 0.306 e. The third-order valence-electron chi connectivity index (χ3n) is 10.4. The molecule has 0 aliphatic heterocycles. The van der Waals surface area contributed by atoms with Crippen LogP contribution in [0.1, 0.15) is 92.4 Å². The largest absolute Gasteiger partial charge is 0.457 e. The van der Waals surface area contributed by atoms with E-state index in [-0.39, 0.29) is 42.8 Å². The number of alkyl halides is 1. The van der Waals surface area contributed by atoms with E-state index in [2.05, 4.69) is 0 Å². The second-order valence-electron chi connectivity index (χ2n) is 12.5. The molecule has 0 aromatic rings. The molecule has 0 bridgehead atoms. The second-order valence-corrected chi connectivity index (χ2v) is 13.2. The van der Waals surface area contributed by atoms with Crippen molar-refractivity contribution in [2.45, 2.75) is 109 Å². The van der Waals surface area contributed by atoms with Gasteiger partial charge in [-0.2, -0.15) is 0 Å². The molecular formula is C31H43ClO7. The first kappa shape index (κ1) is 30.0. The summed E-state index contributed by atoms with van der Waals surface area (Å²) in [5, 5.41) is 11.9. The Bertz CT molecular complexity index is 1100. The van der Waals surface area contributed by atoms with E-state index in [0.29, 0.717) is 32.1 Å². The van der Waals surface area contributed by atoms with Crippen molar-refractivity contribution in [2.75, 3.05) is 6.61 Å². The standard InChI is InChI=1S/C31H43ClO7/c1-6-8-10-27(37)39-31(25(35)18-38-26(36)9-7-2)19(3)15-23-22-12-11-20-16-21(33)13-14-28(20,4)30(22,32)24(34)17-29(23,31)5/h13-14,16,19,22-24,34H,6-12,15,17-18H2,1-5H3/t19-,22+,23+,24+,28+,29+,30+,31-/m1/s1. The van der Waals surface area contributed by atoms with Crippen LogP contribution in [0, 0.1) is 28.6 Å². The van der Waals surface area contributed by atoms with Gasteiger partial charge in [0.25, 0.3) is 0 Å². The number of fused-ring (bicyclic) bond motifs is 5. The number of carbonyl (C=O) groups excluding carboxylic acids is 4. The Morgan fingerprint density at radius 2 is 1.82 bits per heavy atom. The van der Waals surface area contributed by atoms with Crippen LogP contribution in [-0.2, 0) is 28.7 Å². The number of allylic oxidation sites excluding steroid dienone is 4. The maximum absolute atomic E-state index is 14.1. The summed E-state index contributed by atoms with van der Waals surface area (Å²) < 4.78 is 11.6. The second kappa shape index (κ2) is 10.8. The van der Waals surface area contributed by atoms with Crippen LogP contribution in [0.2, 0.25) is 0 Å². The van der Waals surface area contributed by atoms with E-state index in [1.54, 1.807) is 6.08 Å². The van der Waals surface area contributed by atoms with Crippen LogP contribution in [0.4, 0.5) is 0 Å². The number of ether oxygens (including phenoxy) is 2. The summed E-state index contributed by atoms with van der Waals surface area (Å²) in [6, 6.07) is 0. The van der Waals surface area contributed by atoms with Crippen molar-refractivity contribution < 1.29 is 33.8 Å². The number of esters is 2. The van der Waals surface area contributed by atoms with E-state index in [9.17, 15) is 24.3 Å². The minimum atomic E-state index is -1.55. The van der Waals surface area contributed by atoms with E-state index in [1.807, 2.05) is 40.7 Å². The summed E-state index contributed by atoms with van der Waals surface area (Å²) in [4.78, 5) is 50.5. The van der Waals surface area contributed by atoms with E-state index < -0.39 is 51.7 Å². The molecule has 4 rings (SSSR count). The summed E-state index contributed by atoms with van der Waals surface area (Å²) in [5.74, 6) is -2.12. The van der Waals surface area contributed by atoms with Crippen LogP contribution in [-0.4, -0.2) is 51.8 Å². The number of ketones is 2. The zero-order valence-corrected chi connectivity index (χ0v) is 24.6. The van der Waals surface area contributed by atoms with Crippen LogP contribution in [0.15, 0.2) is 23.8 Å². The van der Waals surface area contributed by atoms with Gasteiger partial charge < -0.3 is 14.6 Å². The van der Waals surface area contributed by atoms with E-state index in [0.717, 1.165) is 12.0 Å². The van der Waals surface area contributed by atoms with Crippen LogP contribution >= 0.6 is 11.6 Å². The first-order valence-electron chi connectivity index (χ1n) is 14.5. The van der Waals surface area contributed by atoms with Crippen molar-refractivity contribution in [1.29, 1.82) is 0 Å². The average molecular weight is 563 g/mol. The lowest BCUT2D eigenvalue weighted by Gasteiger charge is -2.64. The lowest BCUT2D eigenvalue weighted by Crippen LogP contribution is -2.69. The predicted molar refractivity (Wildman–Crippen MR) is 147 cm³/mol. The van der Waals surface area contributed by atoms with Gasteiger partial charge in [0.1, 0.15) is 0 Å². The molecule has 3 fully saturated rings. The molecule has 1 N–H and O–H groups in total. The lowest BCUT2D eigenvalue weighted by atomic mass is 9.45. The monoisotopic (exact) mass is 562 g/mol. The molecule has 216 valence electrons. The number of hydrogen-bond acceptors (Lipinski definition) is 7. The summed E-state index contributed by atoms with van der Waals surface area (Å²) in [5.41, 5.74) is -2.27. The van der Waals surface area contributed by atoms with Gasteiger partial charge in [-0.15, -0.1) is 11.6 Å². The lowest BCUT2D eigenvalue weighted by molar-refractivity contribution is -0.203. The number of rotatable bonds is 9. The van der Waals surface area contributed by atoms with E-state index >= 15 is 0 Å². The van der Waals surface area contributed by atoms with Gasteiger partial charge in [0.15, 0.2) is 18.0 Å². The van der Waals surface area contributed by atoms with Crippen molar-refractivity contribution in [3.8, 4) is 0 Å². The first-order valence-corrected chi connectivity index (χ1v) is 14.9. The number of carbonyl (C=O) groups is 4. The fraction of sp³-hybridized carbons (Fsp3) is 0.742. The minimum Gasteiger partial charge on any atom is -0.457 e. The van der Waals surface area contributed by atoms with Crippen molar-refractivity contribution in [3.63, 3.8) is 0 Å². The van der Waals surface area contributed by atoms with Gasteiger partial charge in [-0.1, -0.05) is 52.7 Å². The molecule has 4 aliphatic rings. The Morgan fingerprint density at radius 3 is 2.49 bits per heavy atom. The van der Waals surface area contributed by atoms with Crippen LogP contribution < -0.4 is 0 Å². The Balaban J connectivity index is 1.76. The molecule has 0 aromatic heterocycles. The highest BCUT2D eigenvalue weighted by Gasteiger charge is 2.76. The third kappa shape index (κ3) is 4.43. The smallest absolute Gasteiger partial charge is 0.306 e. The van der Waals surface area contributed by atoms with Crippen molar-refractivity contribution >= 4 is 35.1 Å². The normalized spacial score (nSPS) is 40.7. The molecule has 7 nitrogen and oxygen atoms in total. The molecule has 3 saturated carbocycles. The van der Waals surface area contributed by atoms with Gasteiger partial charge in [0.05, 0.1) is 11.0 Å². The predicted octanol–water partition coefficient (Wildman–Crippen LogP) is 5.26. The molecule has 39 heavy (non-hydrogen) atoms. The fourth-order valence-electron chi connectivity index (χ4n) is 8.48. The number of hydrogen-bond donors (Lipinski definition) is 1. The Morgan fingerprint density at radius 1 is 1.10 bits per heavy atom. The molecule has 8 heteroatoms. The van der Waals surface area contributed by atoms with Gasteiger partial charge in [-0.25, -0.2) is 0 Å². The number of aliphatic hydroxyl groups excluding tert-OH is 1. The Labute approximate surface area is 236 Å². The molecule has 0 saturated heterocycles. The van der Waals surface area contributed by atoms with Gasteiger partial charge in [0.2, 0.25) is 5.78 Å². The van der Waals surface area contributed by atoms with Crippen molar-refractivity contribution in [3.05, 3.63) is 23.8 Å². The first-order chi connectivity index (χ1) is 18.3.